The van der Waals surface area contributed by atoms with Gasteiger partial charge in [-0.1, -0.05) is 29.8 Å². The average molecular weight is 336 g/mol. The van der Waals surface area contributed by atoms with Crippen LogP contribution in [0.3, 0.4) is 0 Å². The van der Waals surface area contributed by atoms with Crippen LogP contribution in [0.25, 0.3) is 0 Å². The highest BCUT2D eigenvalue weighted by molar-refractivity contribution is 6.30. The van der Waals surface area contributed by atoms with Crippen molar-refractivity contribution in [2.24, 2.45) is 0 Å². The third kappa shape index (κ3) is 4.70. The molecule has 0 aliphatic carbocycles. The molecule has 0 aliphatic rings. The lowest BCUT2D eigenvalue weighted by molar-refractivity contribution is -0.130. The number of amides is 1. The van der Waals surface area contributed by atoms with E-state index in [-0.39, 0.29) is 18.1 Å². The molecule has 0 aliphatic heterocycles. The van der Waals surface area contributed by atoms with E-state index in [4.69, 9.17) is 16.3 Å². The maximum atomic E-state index is 13.6. The topological polar surface area (TPSA) is 29.5 Å². The van der Waals surface area contributed by atoms with Crippen LogP contribution in [0.1, 0.15) is 17.5 Å². The van der Waals surface area contributed by atoms with Crippen molar-refractivity contribution in [3.63, 3.8) is 0 Å². The number of carbonyl (C=O) groups is 1. The minimum atomic E-state index is -0.278. The van der Waals surface area contributed by atoms with E-state index in [0.29, 0.717) is 29.3 Å². The van der Waals surface area contributed by atoms with Gasteiger partial charge in [0.15, 0.2) is 0 Å². The Kier molecular flexibility index (Phi) is 5.99. The van der Waals surface area contributed by atoms with Crippen molar-refractivity contribution >= 4 is 17.5 Å². The average Bonchev–Trinajstić information content (AvgIpc) is 2.54. The van der Waals surface area contributed by atoms with E-state index in [1.165, 1.54) is 6.07 Å². The lowest BCUT2D eigenvalue weighted by Crippen LogP contribution is -2.26. The largest absolute Gasteiger partial charge is 0.496 e. The van der Waals surface area contributed by atoms with Crippen LogP contribution < -0.4 is 4.74 Å². The Balaban J connectivity index is 1.98. The van der Waals surface area contributed by atoms with Gasteiger partial charge in [-0.2, -0.15) is 0 Å². The molecule has 0 unspecified atom stereocenters. The van der Waals surface area contributed by atoms with Gasteiger partial charge in [-0.15, -0.1) is 0 Å². The van der Waals surface area contributed by atoms with Gasteiger partial charge in [0.2, 0.25) is 5.91 Å². The molecule has 23 heavy (non-hydrogen) atoms. The predicted octanol–water partition coefficient (Wildman–Crippen LogP) is 4.08. The van der Waals surface area contributed by atoms with Crippen molar-refractivity contribution in [2.75, 3.05) is 14.2 Å². The molecule has 0 heterocycles. The Morgan fingerprint density at radius 2 is 1.96 bits per heavy atom. The van der Waals surface area contributed by atoms with Crippen LogP contribution in [0, 0.1) is 5.82 Å². The molecule has 122 valence electrons. The van der Waals surface area contributed by atoms with Crippen LogP contribution >= 0.6 is 11.6 Å². The SMILES string of the molecule is COc1ccc(Cl)cc1CN(C)C(=O)CCc1ccccc1F. The lowest BCUT2D eigenvalue weighted by Gasteiger charge is -2.19. The van der Waals surface area contributed by atoms with Crippen LogP contribution in [-0.4, -0.2) is 25.0 Å². The van der Waals surface area contributed by atoms with Gasteiger partial charge in [0, 0.05) is 30.6 Å². The molecule has 0 fully saturated rings. The number of rotatable bonds is 6. The zero-order valence-electron chi connectivity index (χ0n) is 13.2. The lowest BCUT2D eigenvalue weighted by atomic mass is 10.1. The smallest absolute Gasteiger partial charge is 0.222 e. The predicted molar refractivity (Wildman–Crippen MR) is 89.2 cm³/mol. The van der Waals surface area contributed by atoms with Gasteiger partial charge in [0.1, 0.15) is 11.6 Å². The fourth-order valence-electron chi connectivity index (χ4n) is 2.35. The molecule has 0 saturated carbocycles. The number of halogens is 2. The Bertz CT molecular complexity index is 690. The van der Waals surface area contributed by atoms with Gasteiger partial charge in [0.25, 0.3) is 0 Å². The van der Waals surface area contributed by atoms with Gasteiger partial charge in [-0.25, -0.2) is 4.39 Å². The van der Waals surface area contributed by atoms with Gasteiger partial charge >= 0.3 is 0 Å². The third-order valence-electron chi connectivity index (χ3n) is 3.64. The number of nitrogens with zero attached hydrogens (tertiary/aromatic N) is 1. The highest BCUT2D eigenvalue weighted by atomic mass is 35.5. The molecule has 2 rings (SSSR count). The molecule has 0 spiro atoms. The maximum absolute atomic E-state index is 13.6. The van der Waals surface area contributed by atoms with Gasteiger partial charge in [-0.05, 0) is 36.2 Å². The fourth-order valence-corrected chi connectivity index (χ4v) is 2.54. The summed E-state index contributed by atoms with van der Waals surface area (Å²) in [5, 5.41) is 0.591. The molecule has 3 nitrogen and oxygen atoms in total. The van der Waals surface area contributed by atoms with Crippen LogP contribution in [-0.2, 0) is 17.8 Å². The molecule has 0 saturated heterocycles. The first-order valence-corrected chi connectivity index (χ1v) is 7.69. The summed E-state index contributed by atoms with van der Waals surface area (Å²) in [6.07, 6.45) is 0.628. The van der Waals surface area contributed by atoms with Crippen LogP contribution in [0.15, 0.2) is 42.5 Å². The van der Waals surface area contributed by atoms with E-state index >= 15 is 0 Å². The van der Waals surface area contributed by atoms with Gasteiger partial charge in [0.05, 0.1) is 7.11 Å². The molecule has 1 amide bonds. The Hall–Kier alpha value is -2.07. The number of benzene rings is 2. The molecular weight excluding hydrogens is 317 g/mol. The van der Waals surface area contributed by atoms with E-state index in [2.05, 4.69) is 0 Å². The molecule has 0 radical (unpaired) electrons. The quantitative estimate of drug-likeness (QED) is 0.796. The van der Waals surface area contributed by atoms with Crippen molar-refractivity contribution in [3.8, 4) is 5.75 Å². The van der Waals surface area contributed by atoms with Crippen molar-refractivity contribution in [1.29, 1.82) is 0 Å². The van der Waals surface area contributed by atoms with E-state index < -0.39 is 0 Å². The van der Waals surface area contributed by atoms with Crippen molar-refractivity contribution in [3.05, 3.63) is 64.4 Å². The van der Waals surface area contributed by atoms with Crippen LogP contribution in [0.4, 0.5) is 4.39 Å². The maximum Gasteiger partial charge on any atom is 0.222 e. The van der Waals surface area contributed by atoms with Gasteiger partial charge in [-0.3, -0.25) is 4.79 Å². The minimum absolute atomic E-state index is 0.0599. The number of carbonyl (C=O) groups excluding carboxylic acids is 1. The first-order valence-electron chi connectivity index (χ1n) is 7.31. The minimum Gasteiger partial charge on any atom is -0.496 e. The monoisotopic (exact) mass is 335 g/mol. The highest BCUT2D eigenvalue weighted by Gasteiger charge is 2.13. The first kappa shape index (κ1) is 17.3. The fraction of sp³-hybridized carbons (Fsp3) is 0.278. The highest BCUT2D eigenvalue weighted by Crippen LogP contribution is 2.24. The summed E-state index contributed by atoms with van der Waals surface area (Å²) in [6, 6.07) is 11.8. The number of hydrogen-bond donors (Lipinski definition) is 0. The Morgan fingerprint density at radius 1 is 1.22 bits per heavy atom. The van der Waals surface area contributed by atoms with E-state index in [9.17, 15) is 9.18 Å². The molecule has 0 bridgehead atoms. The molecule has 0 N–H and O–H groups in total. The van der Waals surface area contributed by atoms with E-state index in [1.807, 2.05) is 0 Å². The number of hydrogen-bond acceptors (Lipinski definition) is 2. The van der Waals surface area contributed by atoms with Crippen molar-refractivity contribution < 1.29 is 13.9 Å². The molecule has 2 aromatic rings. The zero-order chi connectivity index (χ0) is 16.8. The number of aryl methyl sites for hydroxylation is 1. The zero-order valence-corrected chi connectivity index (χ0v) is 13.9. The number of methoxy groups -OCH3 is 1. The summed E-state index contributed by atoms with van der Waals surface area (Å²) >= 11 is 5.99. The summed E-state index contributed by atoms with van der Waals surface area (Å²) < 4.78 is 18.9. The van der Waals surface area contributed by atoms with Crippen LogP contribution in [0.2, 0.25) is 5.02 Å². The van der Waals surface area contributed by atoms with Crippen molar-refractivity contribution in [1.82, 2.24) is 4.90 Å². The summed E-state index contributed by atoms with van der Waals surface area (Å²) in [5.74, 6) is 0.345. The standard InChI is InChI=1S/C18H19ClFNO2/c1-21(12-14-11-15(19)8-9-17(14)23-2)18(22)10-7-13-5-3-4-6-16(13)20/h3-6,8-9,11H,7,10,12H2,1-2H3. The molecule has 0 aromatic heterocycles. The third-order valence-corrected chi connectivity index (χ3v) is 3.88. The van der Waals surface area contributed by atoms with Crippen molar-refractivity contribution in [2.45, 2.75) is 19.4 Å². The normalized spacial score (nSPS) is 10.4. The van der Waals surface area contributed by atoms with E-state index in [1.54, 1.807) is 55.5 Å². The van der Waals surface area contributed by atoms with Crippen LogP contribution in [0.5, 0.6) is 5.75 Å². The molecular formula is C18H19ClFNO2. The Labute approximate surface area is 140 Å². The second-order valence-electron chi connectivity index (χ2n) is 5.30. The van der Waals surface area contributed by atoms with Gasteiger partial charge < -0.3 is 9.64 Å². The molecule has 5 heteroatoms. The second-order valence-corrected chi connectivity index (χ2v) is 5.73. The molecule has 2 aromatic carbocycles. The number of ether oxygens (including phenoxy) is 1. The summed E-state index contributed by atoms with van der Waals surface area (Å²) in [6.45, 7) is 0.389. The molecule has 0 atom stereocenters. The summed E-state index contributed by atoms with van der Waals surface area (Å²) in [7, 11) is 3.29. The summed E-state index contributed by atoms with van der Waals surface area (Å²) in [4.78, 5) is 13.8. The Morgan fingerprint density at radius 3 is 2.65 bits per heavy atom. The van der Waals surface area contributed by atoms with E-state index in [0.717, 1.165) is 5.56 Å². The summed E-state index contributed by atoms with van der Waals surface area (Å²) in [5.41, 5.74) is 1.39. The second kappa shape index (κ2) is 7.97. The first-order chi connectivity index (χ1) is 11.0.